The second-order valence-corrected chi connectivity index (χ2v) is 5.25. The number of ether oxygens (including phenoxy) is 1. The fourth-order valence-electron chi connectivity index (χ4n) is 1.96. The van der Waals surface area contributed by atoms with Crippen LogP contribution < -0.4 is 5.56 Å². The van der Waals surface area contributed by atoms with Crippen LogP contribution in [-0.2, 0) is 29.1 Å². The molecule has 0 amide bonds. The minimum Gasteiger partial charge on any atom is -0.459 e. The largest absolute Gasteiger partial charge is 0.459 e. The molecule has 0 radical (unpaired) electrons. The zero-order chi connectivity index (χ0) is 16.1. The molecule has 0 bridgehead atoms. The highest BCUT2D eigenvalue weighted by Gasteiger charge is 2.16. The Bertz CT molecular complexity index is 730. The van der Waals surface area contributed by atoms with Crippen LogP contribution in [0, 0.1) is 0 Å². The summed E-state index contributed by atoms with van der Waals surface area (Å²) in [6.45, 7) is 1.70. The molecule has 0 aliphatic rings. The number of hydrogen-bond donors (Lipinski definition) is 0. The van der Waals surface area contributed by atoms with Crippen molar-refractivity contribution >= 4 is 29.2 Å². The summed E-state index contributed by atoms with van der Waals surface area (Å²) in [5.41, 5.74) is 0.761. The molecule has 2 rings (SSSR count). The Kier molecular flexibility index (Phi) is 5.57. The summed E-state index contributed by atoms with van der Waals surface area (Å²) in [5, 5.41) is -0.152. The molecule has 1 heterocycles. The topological polar surface area (TPSA) is 61.2 Å². The van der Waals surface area contributed by atoms with E-state index in [0.29, 0.717) is 12.1 Å². The van der Waals surface area contributed by atoms with E-state index in [2.05, 4.69) is 4.98 Å². The van der Waals surface area contributed by atoms with Crippen LogP contribution in [0.3, 0.4) is 0 Å². The van der Waals surface area contributed by atoms with Crippen molar-refractivity contribution in [2.45, 2.75) is 26.5 Å². The second-order valence-electron chi connectivity index (χ2n) is 4.53. The summed E-state index contributed by atoms with van der Waals surface area (Å²) < 4.78 is 6.36. The van der Waals surface area contributed by atoms with Crippen LogP contribution in [0.15, 0.2) is 35.1 Å². The van der Waals surface area contributed by atoms with Gasteiger partial charge in [-0.3, -0.25) is 14.2 Å². The first-order valence-corrected chi connectivity index (χ1v) is 7.42. The van der Waals surface area contributed by atoms with Gasteiger partial charge in [0.15, 0.2) is 10.3 Å². The highest BCUT2D eigenvalue weighted by Crippen LogP contribution is 2.14. The predicted octanol–water partition coefficient (Wildman–Crippen LogP) is 2.86. The maximum absolute atomic E-state index is 12.0. The van der Waals surface area contributed by atoms with E-state index in [0.717, 1.165) is 5.56 Å². The minimum absolute atomic E-state index is 0.114. The molecule has 2 aromatic rings. The lowest BCUT2D eigenvalue weighted by molar-refractivity contribution is -0.145. The lowest BCUT2D eigenvalue weighted by Gasteiger charge is -2.12. The third kappa shape index (κ3) is 3.87. The van der Waals surface area contributed by atoms with Crippen LogP contribution >= 0.6 is 23.2 Å². The smallest absolute Gasteiger partial charge is 0.326 e. The van der Waals surface area contributed by atoms with Crippen LogP contribution in [0.4, 0.5) is 0 Å². The molecule has 0 spiro atoms. The van der Waals surface area contributed by atoms with Gasteiger partial charge in [-0.2, -0.15) is 0 Å². The van der Waals surface area contributed by atoms with Gasteiger partial charge in [-0.1, -0.05) is 60.5 Å². The van der Waals surface area contributed by atoms with Crippen molar-refractivity contribution in [3.63, 3.8) is 0 Å². The third-order valence-electron chi connectivity index (χ3n) is 3.05. The Morgan fingerprint density at radius 2 is 1.91 bits per heavy atom. The Labute approximate surface area is 137 Å². The van der Waals surface area contributed by atoms with Crippen LogP contribution in [-0.4, -0.2) is 15.5 Å². The molecule has 0 fully saturated rings. The first-order chi connectivity index (χ1) is 10.5. The van der Waals surface area contributed by atoms with Gasteiger partial charge in [-0.25, -0.2) is 4.98 Å². The molecule has 1 aromatic carbocycles. The summed E-state index contributed by atoms with van der Waals surface area (Å²) in [5.74, 6) is -0.543. The van der Waals surface area contributed by atoms with Gasteiger partial charge in [-0.05, 0) is 12.0 Å². The van der Waals surface area contributed by atoms with Gasteiger partial charge in [0.25, 0.3) is 5.56 Å². The van der Waals surface area contributed by atoms with Crippen molar-refractivity contribution in [1.82, 2.24) is 9.55 Å². The molecule has 0 aliphatic carbocycles. The minimum atomic E-state index is -0.556. The molecule has 7 heteroatoms. The maximum atomic E-state index is 12.0. The lowest BCUT2D eigenvalue weighted by Crippen LogP contribution is -2.29. The summed E-state index contributed by atoms with van der Waals surface area (Å²) in [4.78, 5) is 27.7. The molecular formula is C15H14Cl2N2O3. The Morgan fingerprint density at radius 1 is 1.23 bits per heavy atom. The molecule has 0 aliphatic heterocycles. The Balaban J connectivity index is 2.13. The first-order valence-electron chi connectivity index (χ1n) is 6.67. The van der Waals surface area contributed by atoms with Gasteiger partial charge in [0.1, 0.15) is 13.2 Å². The maximum Gasteiger partial charge on any atom is 0.326 e. The Hall–Kier alpha value is -1.85. The van der Waals surface area contributed by atoms with E-state index in [1.54, 1.807) is 0 Å². The molecule has 1 aromatic heterocycles. The van der Waals surface area contributed by atoms with Crippen molar-refractivity contribution in [2.75, 3.05) is 0 Å². The normalized spacial score (nSPS) is 10.5. The SMILES string of the molecule is CCc1c(Cl)nc(Cl)c(=O)n1CC(=O)OCc1ccccc1. The number of nitrogens with zero attached hydrogens (tertiary/aromatic N) is 2. The standard InChI is InChI=1S/C15H14Cl2N2O3/c1-2-11-13(16)18-14(17)15(21)19(11)8-12(20)22-9-10-6-4-3-5-7-10/h3-7H,2,8-9H2,1H3. The van der Waals surface area contributed by atoms with Gasteiger partial charge in [0, 0.05) is 0 Å². The number of rotatable bonds is 5. The van der Waals surface area contributed by atoms with E-state index in [9.17, 15) is 9.59 Å². The van der Waals surface area contributed by atoms with E-state index in [4.69, 9.17) is 27.9 Å². The summed E-state index contributed by atoms with van der Waals surface area (Å²) in [6, 6.07) is 9.27. The highest BCUT2D eigenvalue weighted by atomic mass is 35.5. The van der Waals surface area contributed by atoms with Crippen LogP contribution in [0.5, 0.6) is 0 Å². The average Bonchev–Trinajstić information content (AvgIpc) is 2.51. The fourth-order valence-corrected chi connectivity index (χ4v) is 2.51. The van der Waals surface area contributed by atoms with E-state index in [1.807, 2.05) is 37.3 Å². The summed E-state index contributed by atoms with van der Waals surface area (Å²) in [6.07, 6.45) is 0.449. The van der Waals surface area contributed by atoms with Crippen molar-refractivity contribution in [3.8, 4) is 0 Å². The van der Waals surface area contributed by atoms with E-state index < -0.39 is 11.5 Å². The van der Waals surface area contributed by atoms with Crippen LogP contribution in [0.25, 0.3) is 0 Å². The van der Waals surface area contributed by atoms with Crippen molar-refractivity contribution in [1.29, 1.82) is 0 Å². The van der Waals surface area contributed by atoms with Gasteiger partial charge in [-0.15, -0.1) is 0 Å². The van der Waals surface area contributed by atoms with Crippen LogP contribution in [0.1, 0.15) is 18.2 Å². The van der Waals surface area contributed by atoms with Gasteiger partial charge >= 0.3 is 5.97 Å². The van der Waals surface area contributed by atoms with E-state index >= 15 is 0 Å². The van der Waals surface area contributed by atoms with E-state index in [1.165, 1.54) is 4.57 Å². The highest BCUT2D eigenvalue weighted by molar-refractivity contribution is 6.32. The number of aromatic nitrogens is 2. The number of hydrogen-bond acceptors (Lipinski definition) is 4. The fraction of sp³-hybridized carbons (Fsp3) is 0.267. The molecule has 0 N–H and O–H groups in total. The van der Waals surface area contributed by atoms with Crippen molar-refractivity contribution in [3.05, 3.63) is 62.2 Å². The molecule has 116 valence electrons. The van der Waals surface area contributed by atoms with E-state index in [-0.39, 0.29) is 23.5 Å². The number of esters is 1. The number of halogens is 2. The number of carbonyl (C=O) groups is 1. The van der Waals surface area contributed by atoms with Crippen molar-refractivity contribution < 1.29 is 9.53 Å². The molecular weight excluding hydrogens is 327 g/mol. The van der Waals surface area contributed by atoms with Gasteiger partial charge < -0.3 is 4.74 Å². The number of benzene rings is 1. The molecule has 0 unspecified atom stereocenters. The molecule has 0 saturated carbocycles. The average molecular weight is 341 g/mol. The van der Waals surface area contributed by atoms with Crippen molar-refractivity contribution in [2.24, 2.45) is 0 Å². The first kappa shape index (κ1) is 16.5. The molecule has 22 heavy (non-hydrogen) atoms. The third-order valence-corrected chi connectivity index (χ3v) is 3.60. The monoisotopic (exact) mass is 340 g/mol. The molecule has 0 saturated heterocycles. The Morgan fingerprint density at radius 3 is 2.55 bits per heavy atom. The molecule has 5 nitrogen and oxygen atoms in total. The van der Waals surface area contributed by atoms with Gasteiger partial charge in [0.2, 0.25) is 0 Å². The summed E-state index contributed by atoms with van der Waals surface area (Å²) in [7, 11) is 0. The van der Waals surface area contributed by atoms with Gasteiger partial charge in [0.05, 0.1) is 5.69 Å². The second kappa shape index (κ2) is 7.42. The number of carbonyl (C=O) groups excluding carboxylic acids is 1. The van der Waals surface area contributed by atoms with Crippen LogP contribution in [0.2, 0.25) is 10.3 Å². The summed E-state index contributed by atoms with van der Waals surface area (Å²) >= 11 is 11.7. The quantitative estimate of drug-likeness (QED) is 0.785. The predicted molar refractivity (Wildman–Crippen MR) is 84.1 cm³/mol. The molecule has 0 atom stereocenters. The zero-order valence-corrected chi connectivity index (χ0v) is 13.4. The lowest BCUT2D eigenvalue weighted by atomic mass is 10.2. The zero-order valence-electron chi connectivity index (χ0n) is 11.9.